The molecule has 0 radical (unpaired) electrons. The van der Waals surface area contributed by atoms with Crippen molar-refractivity contribution < 1.29 is 4.74 Å². The third kappa shape index (κ3) is 1.65. The van der Waals surface area contributed by atoms with Crippen LogP contribution in [0.25, 0.3) is 0 Å². The number of fused-ring (bicyclic) bond motifs is 2. The maximum atomic E-state index is 5.83. The van der Waals surface area contributed by atoms with Crippen molar-refractivity contribution in [3.05, 3.63) is 35.5 Å². The number of aromatic amines is 1. The molecule has 0 spiro atoms. The van der Waals surface area contributed by atoms with E-state index >= 15 is 0 Å². The molecule has 0 fully saturated rings. The molecule has 1 aromatic carbocycles. The highest BCUT2D eigenvalue weighted by Gasteiger charge is 2.21. The highest BCUT2D eigenvalue weighted by molar-refractivity contribution is 5.60. The lowest BCUT2D eigenvalue weighted by molar-refractivity contribution is 0.463. The molecule has 0 bridgehead atoms. The Kier molecular flexibility index (Phi) is 2.28. The van der Waals surface area contributed by atoms with E-state index in [9.17, 15) is 0 Å². The lowest BCUT2D eigenvalue weighted by atomic mass is 10.1. The van der Waals surface area contributed by atoms with E-state index in [-0.39, 0.29) is 0 Å². The second kappa shape index (κ2) is 3.80. The molecule has 2 N–H and O–H groups in total. The Balaban J connectivity index is 2.04. The van der Waals surface area contributed by atoms with E-state index in [0.717, 1.165) is 29.2 Å². The number of nitrogens with zero attached hydrogens (tertiary/aromatic N) is 1. The van der Waals surface area contributed by atoms with Crippen LogP contribution >= 0.6 is 0 Å². The molecule has 17 heavy (non-hydrogen) atoms. The fourth-order valence-corrected chi connectivity index (χ4v) is 2.08. The maximum Gasteiger partial charge on any atom is 0.243 e. The fraction of sp³-hybridized carbons (Fsp3) is 0.308. The molecule has 88 valence electrons. The molecule has 4 heteroatoms. The molecular formula is C13H15N3O. The number of para-hydroxylation sites is 2. The van der Waals surface area contributed by atoms with Crippen molar-refractivity contribution >= 4 is 5.69 Å². The number of ether oxygens (including phenoxy) is 1. The Labute approximate surface area is 100 Å². The first kappa shape index (κ1) is 10.2. The first-order valence-electron chi connectivity index (χ1n) is 5.83. The van der Waals surface area contributed by atoms with Crippen LogP contribution in [0, 0.1) is 0 Å². The van der Waals surface area contributed by atoms with E-state index in [4.69, 9.17) is 4.74 Å². The fourth-order valence-electron chi connectivity index (χ4n) is 2.08. The van der Waals surface area contributed by atoms with Crippen molar-refractivity contribution in [2.45, 2.75) is 26.3 Å². The van der Waals surface area contributed by atoms with Gasteiger partial charge in [-0.3, -0.25) is 5.10 Å². The maximum absolute atomic E-state index is 5.83. The Morgan fingerprint density at radius 3 is 2.94 bits per heavy atom. The Morgan fingerprint density at radius 2 is 2.12 bits per heavy atom. The highest BCUT2D eigenvalue weighted by Crippen LogP contribution is 2.36. The number of hydrogen-bond acceptors (Lipinski definition) is 3. The number of anilines is 1. The lowest BCUT2D eigenvalue weighted by Crippen LogP contribution is -2.01. The summed E-state index contributed by atoms with van der Waals surface area (Å²) >= 11 is 0. The molecule has 2 aromatic rings. The lowest BCUT2D eigenvalue weighted by Gasteiger charge is -2.06. The smallest absolute Gasteiger partial charge is 0.243 e. The number of benzene rings is 1. The van der Waals surface area contributed by atoms with Crippen LogP contribution in [0.2, 0.25) is 0 Å². The molecule has 0 aliphatic carbocycles. The summed E-state index contributed by atoms with van der Waals surface area (Å²) in [5.41, 5.74) is 3.27. The van der Waals surface area contributed by atoms with Gasteiger partial charge in [-0.1, -0.05) is 26.0 Å². The second-order valence-electron chi connectivity index (χ2n) is 4.53. The summed E-state index contributed by atoms with van der Waals surface area (Å²) < 4.78 is 5.83. The molecule has 1 aliphatic heterocycles. The minimum atomic E-state index is 0.415. The minimum Gasteiger partial charge on any atom is -0.435 e. The van der Waals surface area contributed by atoms with E-state index in [0.29, 0.717) is 11.8 Å². The van der Waals surface area contributed by atoms with Gasteiger partial charge in [0.25, 0.3) is 0 Å². The van der Waals surface area contributed by atoms with Gasteiger partial charge in [0.15, 0.2) is 5.75 Å². The summed E-state index contributed by atoms with van der Waals surface area (Å²) in [6, 6.07) is 7.91. The zero-order chi connectivity index (χ0) is 11.8. The summed E-state index contributed by atoms with van der Waals surface area (Å²) in [4.78, 5) is 0. The van der Waals surface area contributed by atoms with Gasteiger partial charge in [-0.2, -0.15) is 0 Å². The molecule has 1 aromatic heterocycles. The summed E-state index contributed by atoms with van der Waals surface area (Å²) in [6.45, 7) is 5.04. The summed E-state index contributed by atoms with van der Waals surface area (Å²) in [7, 11) is 0. The quantitative estimate of drug-likeness (QED) is 0.789. The second-order valence-corrected chi connectivity index (χ2v) is 4.53. The van der Waals surface area contributed by atoms with Crippen LogP contribution in [-0.2, 0) is 6.54 Å². The van der Waals surface area contributed by atoms with E-state index in [1.54, 1.807) is 0 Å². The Morgan fingerprint density at radius 1 is 1.29 bits per heavy atom. The molecule has 0 amide bonds. The predicted molar refractivity (Wildman–Crippen MR) is 66.5 cm³/mol. The minimum absolute atomic E-state index is 0.415. The number of rotatable bonds is 1. The van der Waals surface area contributed by atoms with Gasteiger partial charge in [0.2, 0.25) is 5.88 Å². The van der Waals surface area contributed by atoms with Crippen LogP contribution in [0.4, 0.5) is 5.69 Å². The molecule has 1 aliphatic rings. The van der Waals surface area contributed by atoms with Crippen LogP contribution in [0.5, 0.6) is 11.6 Å². The number of hydrogen-bond donors (Lipinski definition) is 2. The van der Waals surface area contributed by atoms with Gasteiger partial charge in [0.1, 0.15) is 0 Å². The van der Waals surface area contributed by atoms with Crippen LogP contribution in [0.15, 0.2) is 24.3 Å². The van der Waals surface area contributed by atoms with Crippen LogP contribution in [0.3, 0.4) is 0 Å². The van der Waals surface area contributed by atoms with Crippen molar-refractivity contribution in [3.63, 3.8) is 0 Å². The van der Waals surface area contributed by atoms with Crippen LogP contribution < -0.4 is 10.1 Å². The standard InChI is InChI=1S/C13H15N3O/c1-8(2)12-9-7-14-10-5-3-4-6-11(10)17-13(9)16-15-12/h3-6,8,14H,7H2,1-2H3,(H,15,16). The average molecular weight is 229 g/mol. The molecule has 0 saturated carbocycles. The third-order valence-electron chi connectivity index (χ3n) is 2.99. The zero-order valence-corrected chi connectivity index (χ0v) is 9.95. The number of H-pyrrole nitrogens is 1. The summed E-state index contributed by atoms with van der Waals surface area (Å²) in [5.74, 6) is 1.93. The third-order valence-corrected chi connectivity index (χ3v) is 2.99. The van der Waals surface area contributed by atoms with Gasteiger partial charge in [-0.25, -0.2) is 0 Å². The van der Waals surface area contributed by atoms with Crippen molar-refractivity contribution in [2.24, 2.45) is 0 Å². The van der Waals surface area contributed by atoms with Gasteiger partial charge < -0.3 is 10.1 Å². The van der Waals surface area contributed by atoms with Gasteiger partial charge in [-0.05, 0) is 18.1 Å². The predicted octanol–water partition coefficient (Wildman–Crippen LogP) is 3.25. The van der Waals surface area contributed by atoms with Gasteiger partial charge >= 0.3 is 0 Å². The van der Waals surface area contributed by atoms with Crippen molar-refractivity contribution in [1.82, 2.24) is 10.2 Å². The SMILES string of the molecule is CC(C)c1[nH]nc2c1CNc1ccccc1O2. The topological polar surface area (TPSA) is 49.9 Å². The Hall–Kier alpha value is -1.97. The van der Waals surface area contributed by atoms with Gasteiger partial charge in [-0.15, -0.1) is 5.10 Å². The molecule has 3 rings (SSSR count). The first-order valence-corrected chi connectivity index (χ1v) is 5.83. The molecule has 4 nitrogen and oxygen atoms in total. The van der Waals surface area contributed by atoms with Crippen LogP contribution in [0.1, 0.15) is 31.0 Å². The number of nitrogens with one attached hydrogen (secondary N) is 2. The molecule has 0 unspecified atom stereocenters. The van der Waals surface area contributed by atoms with E-state index < -0.39 is 0 Å². The molecule has 2 heterocycles. The normalized spacial score (nSPS) is 13.4. The zero-order valence-electron chi connectivity index (χ0n) is 9.95. The molecule has 0 saturated heterocycles. The van der Waals surface area contributed by atoms with Crippen LogP contribution in [-0.4, -0.2) is 10.2 Å². The molecule has 0 atom stereocenters. The summed E-state index contributed by atoms with van der Waals surface area (Å²) in [5, 5.41) is 10.7. The molecular weight excluding hydrogens is 214 g/mol. The van der Waals surface area contributed by atoms with Crippen molar-refractivity contribution in [2.75, 3.05) is 5.32 Å². The highest BCUT2D eigenvalue weighted by atomic mass is 16.5. The van der Waals surface area contributed by atoms with Crippen molar-refractivity contribution in [3.8, 4) is 11.6 Å². The van der Waals surface area contributed by atoms with E-state index in [2.05, 4.69) is 29.4 Å². The Bertz CT molecular complexity index is 545. The van der Waals surface area contributed by atoms with Crippen molar-refractivity contribution in [1.29, 1.82) is 0 Å². The summed E-state index contributed by atoms with van der Waals surface area (Å²) in [6.07, 6.45) is 0. The van der Waals surface area contributed by atoms with Gasteiger partial charge in [0, 0.05) is 12.2 Å². The van der Waals surface area contributed by atoms with Gasteiger partial charge in [0.05, 0.1) is 11.3 Å². The van der Waals surface area contributed by atoms with E-state index in [1.807, 2.05) is 24.3 Å². The first-order chi connectivity index (χ1) is 8.25. The monoisotopic (exact) mass is 229 g/mol. The average Bonchev–Trinajstić information content (AvgIpc) is 2.63. The largest absolute Gasteiger partial charge is 0.435 e. The number of aromatic nitrogens is 2. The van der Waals surface area contributed by atoms with E-state index in [1.165, 1.54) is 0 Å².